The van der Waals surface area contributed by atoms with Gasteiger partial charge in [-0.3, -0.25) is 9.36 Å². The lowest BCUT2D eigenvalue weighted by Crippen LogP contribution is -2.23. The summed E-state index contributed by atoms with van der Waals surface area (Å²) in [6.07, 6.45) is -4.15. The fourth-order valence-corrected chi connectivity index (χ4v) is 1.71. The molecule has 0 aliphatic carbocycles. The van der Waals surface area contributed by atoms with Crippen molar-refractivity contribution in [3.63, 3.8) is 0 Å². The molecule has 0 saturated heterocycles. The summed E-state index contributed by atoms with van der Waals surface area (Å²) in [6, 6.07) is 4.16. The number of aryl methyl sites for hydroxylation is 1. The molecule has 0 aliphatic rings. The van der Waals surface area contributed by atoms with E-state index in [0.29, 0.717) is 16.5 Å². The Morgan fingerprint density at radius 2 is 1.95 bits per heavy atom. The van der Waals surface area contributed by atoms with Crippen molar-refractivity contribution < 1.29 is 17.6 Å². The van der Waals surface area contributed by atoms with Crippen molar-refractivity contribution in [1.82, 2.24) is 9.55 Å². The molecule has 4 nitrogen and oxygen atoms in total. The van der Waals surface area contributed by atoms with E-state index in [9.17, 15) is 22.4 Å². The maximum absolute atomic E-state index is 13.9. The van der Waals surface area contributed by atoms with E-state index < -0.39 is 23.2 Å². The van der Waals surface area contributed by atoms with E-state index in [1.54, 1.807) is 6.07 Å². The summed E-state index contributed by atoms with van der Waals surface area (Å²) < 4.78 is 51.8. The molecule has 2 rings (SSSR count). The lowest BCUT2D eigenvalue weighted by atomic mass is 10.1. The molecule has 1 heterocycles. The maximum atomic E-state index is 13.9. The lowest BCUT2D eigenvalue weighted by molar-refractivity contribution is -0.141. The molecule has 108 valence electrons. The third kappa shape index (κ3) is 2.76. The SMILES string of the molecule is Cc1cc(-n2cnc(C(F)(F)F)cc2=O)c(F)cc1C#N. The number of hydrogen-bond donors (Lipinski definition) is 0. The number of hydrogen-bond acceptors (Lipinski definition) is 3. The molecule has 0 spiro atoms. The second-order valence-corrected chi connectivity index (χ2v) is 4.21. The van der Waals surface area contributed by atoms with Crippen molar-refractivity contribution in [3.05, 3.63) is 57.5 Å². The Balaban J connectivity index is 2.62. The van der Waals surface area contributed by atoms with Crippen LogP contribution in [0.4, 0.5) is 17.6 Å². The fourth-order valence-electron chi connectivity index (χ4n) is 1.71. The zero-order valence-electron chi connectivity index (χ0n) is 10.6. The molecule has 0 radical (unpaired) electrons. The first-order valence-corrected chi connectivity index (χ1v) is 5.60. The van der Waals surface area contributed by atoms with E-state index in [1.807, 2.05) is 0 Å². The van der Waals surface area contributed by atoms with Crippen LogP contribution in [0.1, 0.15) is 16.8 Å². The van der Waals surface area contributed by atoms with Crippen LogP contribution in [-0.2, 0) is 6.18 Å². The number of rotatable bonds is 1. The van der Waals surface area contributed by atoms with E-state index >= 15 is 0 Å². The first-order chi connectivity index (χ1) is 9.74. The van der Waals surface area contributed by atoms with E-state index in [0.717, 1.165) is 6.07 Å². The highest BCUT2D eigenvalue weighted by atomic mass is 19.4. The molecule has 2 aromatic rings. The number of halogens is 4. The third-order valence-electron chi connectivity index (χ3n) is 2.77. The average molecular weight is 297 g/mol. The molecule has 0 fully saturated rings. The molecular formula is C13H7F4N3O. The van der Waals surface area contributed by atoms with E-state index in [-0.39, 0.29) is 17.3 Å². The Morgan fingerprint density at radius 3 is 2.48 bits per heavy atom. The molecule has 8 heteroatoms. The Kier molecular flexibility index (Phi) is 3.51. The van der Waals surface area contributed by atoms with Gasteiger partial charge in [0.15, 0.2) is 5.69 Å². The molecule has 0 aliphatic heterocycles. The van der Waals surface area contributed by atoms with E-state index in [1.165, 1.54) is 13.0 Å². The monoisotopic (exact) mass is 297 g/mol. The van der Waals surface area contributed by atoms with Crippen molar-refractivity contribution in [1.29, 1.82) is 5.26 Å². The normalized spacial score (nSPS) is 11.2. The van der Waals surface area contributed by atoms with Gasteiger partial charge >= 0.3 is 6.18 Å². The van der Waals surface area contributed by atoms with E-state index in [4.69, 9.17) is 5.26 Å². The summed E-state index contributed by atoms with van der Waals surface area (Å²) >= 11 is 0. The van der Waals surface area contributed by atoms with Gasteiger partial charge in [-0.25, -0.2) is 9.37 Å². The molecule has 21 heavy (non-hydrogen) atoms. The Labute approximate surface area is 115 Å². The molecule has 0 unspecified atom stereocenters. The van der Waals surface area contributed by atoms with Crippen molar-refractivity contribution in [2.45, 2.75) is 13.1 Å². The minimum atomic E-state index is -4.75. The van der Waals surface area contributed by atoms with Crippen LogP contribution in [0, 0.1) is 24.1 Å². The second-order valence-electron chi connectivity index (χ2n) is 4.21. The number of nitriles is 1. The highest BCUT2D eigenvalue weighted by Gasteiger charge is 2.33. The standard InChI is InChI=1S/C13H7F4N3O/c1-7-2-10(9(14)3-8(7)5-18)20-6-19-11(4-12(20)21)13(15,16)17/h2-4,6H,1H3. The van der Waals surface area contributed by atoms with Gasteiger partial charge in [-0.1, -0.05) is 0 Å². The van der Waals surface area contributed by atoms with Crippen LogP contribution >= 0.6 is 0 Å². The van der Waals surface area contributed by atoms with Gasteiger partial charge < -0.3 is 0 Å². The third-order valence-corrected chi connectivity index (χ3v) is 2.77. The fraction of sp³-hybridized carbons (Fsp3) is 0.154. The summed E-state index contributed by atoms with van der Waals surface area (Å²) in [6.45, 7) is 1.52. The van der Waals surface area contributed by atoms with Crippen LogP contribution in [0.15, 0.2) is 29.3 Å². The number of aromatic nitrogens is 2. The molecule has 0 bridgehead atoms. The summed E-state index contributed by atoms with van der Waals surface area (Å²) in [4.78, 5) is 14.8. The molecule has 0 saturated carbocycles. The zero-order chi connectivity index (χ0) is 15.8. The van der Waals surface area contributed by atoms with Crippen molar-refractivity contribution in [3.8, 4) is 11.8 Å². The van der Waals surface area contributed by atoms with Crippen LogP contribution in [0.25, 0.3) is 5.69 Å². The summed E-state index contributed by atoms with van der Waals surface area (Å²) in [5, 5.41) is 8.76. The van der Waals surface area contributed by atoms with Crippen molar-refractivity contribution >= 4 is 0 Å². The largest absolute Gasteiger partial charge is 0.433 e. The maximum Gasteiger partial charge on any atom is 0.433 e. The smallest absolute Gasteiger partial charge is 0.269 e. The quantitative estimate of drug-likeness (QED) is 0.760. The Morgan fingerprint density at radius 1 is 1.29 bits per heavy atom. The highest BCUT2D eigenvalue weighted by Crippen LogP contribution is 2.26. The predicted octanol–water partition coefficient (Wildman–Crippen LogP) is 2.57. The van der Waals surface area contributed by atoms with Crippen LogP contribution < -0.4 is 5.56 Å². The number of alkyl halides is 3. The Hall–Kier alpha value is -2.69. The zero-order valence-corrected chi connectivity index (χ0v) is 10.6. The average Bonchev–Trinajstić information content (AvgIpc) is 2.40. The minimum Gasteiger partial charge on any atom is -0.269 e. The van der Waals surface area contributed by atoms with Gasteiger partial charge in [0.1, 0.15) is 12.1 Å². The van der Waals surface area contributed by atoms with Crippen LogP contribution in [0.2, 0.25) is 0 Å². The molecule has 0 atom stereocenters. The van der Waals surface area contributed by atoms with Crippen LogP contribution in [-0.4, -0.2) is 9.55 Å². The summed E-state index contributed by atoms with van der Waals surface area (Å²) in [5.41, 5.74) is -2.22. The van der Waals surface area contributed by atoms with Crippen LogP contribution in [0.5, 0.6) is 0 Å². The minimum absolute atomic E-state index is 0.0733. The number of nitrogens with zero attached hydrogens (tertiary/aromatic N) is 3. The lowest BCUT2D eigenvalue weighted by Gasteiger charge is -2.10. The van der Waals surface area contributed by atoms with Crippen molar-refractivity contribution in [2.75, 3.05) is 0 Å². The molecule has 0 N–H and O–H groups in total. The molecular weight excluding hydrogens is 290 g/mol. The van der Waals surface area contributed by atoms with Gasteiger partial charge in [0.25, 0.3) is 5.56 Å². The topological polar surface area (TPSA) is 58.7 Å². The molecule has 1 aromatic carbocycles. The summed E-state index contributed by atoms with van der Waals surface area (Å²) in [7, 11) is 0. The van der Waals surface area contributed by atoms with Crippen molar-refractivity contribution in [2.24, 2.45) is 0 Å². The first kappa shape index (κ1) is 14.7. The van der Waals surface area contributed by atoms with Gasteiger partial charge in [0.2, 0.25) is 0 Å². The Bertz CT molecular complexity index is 803. The predicted molar refractivity (Wildman–Crippen MR) is 64.2 cm³/mol. The summed E-state index contributed by atoms with van der Waals surface area (Å²) in [5.74, 6) is -0.902. The number of benzene rings is 1. The van der Waals surface area contributed by atoms with Gasteiger partial charge in [0.05, 0.1) is 17.3 Å². The van der Waals surface area contributed by atoms with Gasteiger partial charge in [-0.2, -0.15) is 18.4 Å². The van der Waals surface area contributed by atoms with Crippen LogP contribution in [0.3, 0.4) is 0 Å². The molecule has 1 aromatic heterocycles. The van der Waals surface area contributed by atoms with Gasteiger partial charge in [0, 0.05) is 6.07 Å². The molecule has 0 amide bonds. The second kappa shape index (κ2) is 5.01. The van der Waals surface area contributed by atoms with E-state index in [2.05, 4.69) is 4.98 Å². The van der Waals surface area contributed by atoms with Gasteiger partial charge in [-0.05, 0) is 24.6 Å². The van der Waals surface area contributed by atoms with Gasteiger partial charge in [-0.15, -0.1) is 0 Å². The first-order valence-electron chi connectivity index (χ1n) is 5.60. The highest BCUT2D eigenvalue weighted by molar-refractivity contribution is 5.46.